The lowest BCUT2D eigenvalue weighted by molar-refractivity contribution is -0.139. The molecule has 0 spiro atoms. The first-order chi connectivity index (χ1) is 8.13. The number of nitrogens with two attached hydrogens (primary N) is 1. The highest BCUT2D eigenvalue weighted by molar-refractivity contribution is 5.77. The third kappa shape index (κ3) is 5.14. The Hall–Kier alpha value is -1.14. The molecule has 1 unspecified atom stereocenters. The molecule has 1 rings (SSSR count). The van der Waals surface area contributed by atoms with Crippen LogP contribution in [0.5, 0.6) is 0 Å². The predicted molar refractivity (Wildman–Crippen MR) is 63.5 cm³/mol. The zero-order valence-corrected chi connectivity index (χ0v) is 9.95. The molecule has 2 atom stereocenters. The van der Waals surface area contributed by atoms with Crippen molar-refractivity contribution in [3.63, 3.8) is 0 Å². The molecule has 6 heteroatoms. The summed E-state index contributed by atoms with van der Waals surface area (Å²) in [6.07, 6.45) is 3.70. The Morgan fingerprint density at radius 1 is 1.35 bits per heavy atom. The Morgan fingerprint density at radius 3 is 2.71 bits per heavy atom. The number of carboxylic acid groups (broad SMARTS) is 1. The molecule has 0 bridgehead atoms. The van der Waals surface area contributed by atoms with E-state index in [1.807, 2.05) is 0 Å². The Labute approximate surface area is 101 Å². The molecule has 6 nitrogen and oxygen atoms in total. The van der Waals surface area contributed by atoms with Crippen LogP contribution in [0.1, 0.15) is 32.1 Å². The summed E-state index contributed by atoms with van der Waals surface area (Å²) in [5.74, 6) is -0.857. The van der Waals surface area contributed by atoms with Crippen LogP contribution < -0.4 is 16.4 Å². The number of amides is 1. The minimum Gasteiger partial charge on any atom is -0.480 e. The summed E-state index contributed by atoms with van der Waals surface area (Å²) in [4.78, 5) is 22.2. The van der Waals surface area contributed by atoms with Crippen LogP contribution in [0.25, 0.3) is 0 Å². The molecular weight excluding hydrogens is 222 g/mol. The van der Waals surface area contributed by atoms with E-state index in [-0.39, 0.29) is 11.9 Å². The molecule has 0 aromatic carbocycles. The molecule has 1 amide bonds. The molecule has 0 aliphatic carbocycles. The van der Waals surface area contributed by atoms with Gasteiger partial charge in [-0.15, -0.1) is 0 Å². The number of aliphatic carboxylic acids is 1. The average molecular weight is 243 g/mol. The van der Waals surface area contributed by atoms with E-state index in [0.29, 0.717) is 25.9 Å². The molecule has 0 radical (unpaired) electrons. The molecule has 1 aliphatic rings. The predicted octanol–water partition coefficient (Wildman–Crippen LogP) is -0.563. The summed E-state index contributed by atoms with van der Waals surface area (Å²) in [6, 6.07) is -0.587. The number of rotatable bonds is 7. The third-order valence-electron chi connectivity index (χ3n) is 2.90. The van der Waals surface area contributed by atoms with Crippen molar-refractivity contribution in [1.29, 1.82) is 0 Å². The highest BCUT2D eigenvalue weighted by atomic mass is 16.4. The van der Waals surface area contributed by atoms with Gasteiger partial charge in [0, 0.05) is 19.0 Å². The quantitative estimate of drug-likeness (QED) is 0.449. The number of nitrogens with one attached hydrogen (secondary N) is 2. The van der Waals surface area contributed by atoms with Gasteiger partial charge in [-0.1, -0.05) is 6.42 Å². The minimum atomic E-state index is -0.857. The first-order valence-corrected chi connectivity index (χ1v) is 6.09. The first-order valence-electron chi connectivity index (χ1n) is 6.09. The number of unbranched alkanes of at least 4 members (excludes halogenated alkanes) is 2. The highest BCUT2D eigenvalue weighted by Crippen LogP contribution is 2.07. The number of hydrogen-bond acceptors (Lipinski definition) is 4. The number of carbonyl (C=O) groups excluding carboxylic acids is 1. The van der Waals surface area contributed by atoms with Crippen LogP contribution in [-0.4, -0.2) is 42.2 Å². The standard InChI is InChI=1S/C11H21N3O3/c12-5-3-1-2-4-10(15)14-8-6-9(11(16)17)13-7-8/h8-9,13H,1-7,12H2,(H,14,15)(H,16,17)/t8?,9-/m0/s1. The maximum atomic E-state index is 11.5. The molecule has 1 aliphatic heterocycles. The number of hydrogen-bond donors (Lipinski definition) is 4. The van der Waals surface area contributed by atoms with Crippen LogP contribution >= 0.6 is 0 Å². The molecule has 1 heterocycles. The van der Waals surface area contributed by atoms with E-state index in [9.17, 15) is 9.59 Å². The van der Waals surface area contributed by atoms with Crippen molar-refractivity contribution in [3.05, 3.63) is 0 Å². The van der Waals surface area contributed by atoms with Gasteiger partial charge in [-0.3, -0.25) is 9.59 Å². The maximum absolute atomic E-state index is 11.5. The molecule has 17 heavy (non-hydrogen) atoms. The Balaban J connectivity index is 2.13. The maximum Gasteiger partial charge on any atom is 0.320 e. The second-order valence-electron chi connectivity index (χ2n) is 4.40. The molecule has 0 aromatic heterocycles. The van der Waals surface area contributed by atoms with Gasteiger partial charge >= 0.3 is 5.97 Å². The van der Waals surface area contributed by atoms with Crippen LogP contribution in [0.2, 0.25) is 0 Å². The average Bonchev–Trinajstić information content (AvgIpc) is 2.73. The first kappa shape index (κ1) is 13.9. The van der Waals surface area contributed by atoms with Crippen molar-refractivity contribution in [2.45, 2.75) is 44.2 Å². The molecule has 0 saturated carbocycles. The van der Waals surface area contributed by atoms with Crippen LogP contribution in [0.3, 0.4) is 0 Å². The van der Waals surface area contributed by atoms with E-state index in [1.54, 1.807) is 0 Å². The molecular formula is C11H21N3O3. The lowest BCUT2D eigenvalue weighted by Crippen LogP contribution is -2.36. The van der Waals surface area contributed by atoms with Gasteiger partial charge in [0.05, 0.1) is 0 Å². The zero-order valence-electron chi connectivity index (χ0n) is 9.95. The van der Waals surface area contributed by atoms with Crippen molar-refractivity contribution < 1.29 is 14.7 Å². The van der Waals surface area contributed by atoms with Crippen molar-refractivity contribution in [3.8, 4) is 0 Å². The SMILES string of the molecule is NCCCCCC(=O)NC1CN[C@H](C(=O)O)C1. The Kier molecular flexibility index (Phi) is 5.93. The summed E-state index contributed by atoms with van der Waals surface area (Å²) in [7, 11) is 0. The number of carboxylic acids is 1. The van der Waals surface area contributed by atoms with Gasteiger partial charge in [0.15, 0.2) is 0 Å². The topological polar surface area (TPSA) is 104 Å². The van der Waals surface area contributed by atoms with Gasteiger partial charge in [0.25, 0.3) is 0 Å². The van der Waals surface area contributed by atoms with E-state index in [1.165, 1.54) is 0 Å². The van der Waals surface area contributed by atoms with E-state index >= 15 is 0 Å². The largest absolute Gasteiger partial charge is 0.480 e. The Morgan fingerprint density at radius 2 is 2.12 bits per heavy atom. The van der Waals surface area contributed by atoms with Gasteiger partial charge < -0.3 is 21.5 Å². The van der Waals surface area contributed by atoms with E-state index in [4.69, 9.17) is 10.8 Å². The van der Waals surface area contributed by atoms with Gasteiger partial charge in [0.2, 0.25) is 5.91 Å². The second kappa shape index (κ2) is 7.24. The van der Waals surface area contributed by atoms with Crippen molar-refractivity contribution in [2.75, 3.05) is 13.1 Å². The van der Waals surface area contributed by atoms with Crippen LogP contribution in [0.4, 0.5) is 0 Å². The fourth-order valence-electron chi connectivity index (χ4n) is 1.94. The third-order valence-corrected chi connectivity index (χ3v) is 2.90. The van der Waals surface area contributed by atoms with Gasteiger partial charge in [0.1, 0.15) is 6.04 Å². The summed E-state index contributed by atoms with van der Waals surface area (Å²) in [5.41, 5.74) is 5.36. The monoisotopic (exact) mass is 243 g/mol. The zero-order chi connectivity index (χ0) is 12.7. The number of carbonyl (C=O) groups is 2. The van der Waals surface area contributed by atoms with Crippen molar-refractivity contribution >= 4 is 11.9 Å². The van der Waals surface area contributed by atoms with Gasteiger partial charge in [-0.2, -0.15) is 0 Å². The normalized spacial score (nSPS) is 23.6. The summed E-state index contributed by atoms with van der Waals surface area (Å²) in [6.45, 7) is 1.19. The highest BCUT2D eigenvalue weighted by Gasteiger charge is 2.29. The smallest absolute Gasteiger partial charge is 0.320 e. The fourth-order valence-corrected chi connectivity index (χ4v) is 1.94. The second-order valence-corrected chi connectivity index (χ2v) is 4.40. The van der Waals surface area contributed by atoms with E-state index in [2.05, 4.69) is 10.6 Å². The van der Waals surface area contributed by atoms with Gasteiger partial charge in [-0.05, 0) is 25.8 Å². The van der Waals surface area contributed by atoms with E-state index < -0.39 is 12.0 Å². The molecule has 1 saturated heterocycles. The molecule has 0 aromatic rings. The summed E-state index contributed by atoms with van der Waals surface area (Å²) in [5, 5.41) is 14.5. The molecule has 5 N–H and O–H groups in total. The van der Waals surface area contributed by atoms with Crippen LogP contribution in [-0.2, 0) is 9.59 Å². The van der Waals surface area contributed by atoms with Crippen molar-refractivity contribution in [2.24, 2.45) is 5.73 Å². The summed E-state index contributed by atoms with van der Waals surface area (Å²) >= 11 is 0. The molecule has 1 fully saturated rings. The minimum absolute atomic E-state index is 0.000129. The van der Waals surface area contributed by atoms with Crippen LogP contribution in [0, 0.1) is 0 Å². The van der Waals surface area contributed by atoms with Crippen molar-refractivity contribution in [1.82, 2.24) is 10.6 Å². The van der Waals surface area contributed by atoms with E-state index in [0.717, 1.165) is 19.3 Å². The Bertz CT molecular complexity index is 271. The molecule has 98 valence electrons. The fraction of sp³-hybridized carbons (Fsp3) is 0.818. The summed E-state index contributed by atoms with van der Waals surface area (Å²) < 4.78 is 0. The lowest BCUT2D eigenvalue weighted by atomic mass is 10.1. The van der Waals surface area contributed by atoms with Gasteiger partial charge in [-0.25, -0.2) is 0 Å². The lowest BCUT2D eigenvalue weighted by Gasteiger charge is -2.11. The van der Waals surface area contributed by atoms with Crippen LogP contribution in [0.15, 0.2) is 0 Å².